The maximum atomic E-state index is 12.2. The van der Waals surface area contributed by atoms with Crippen LogP contribution >= 0.6 is 11.8 Å². The standard InChI is InChI=1S/C23H24N4O2S/c1-15-8-7-9-16(2)22(15)27-20(28)13-24-21(29)14-30-23-25-17(3)12-19(26-23)18-10-5-4-6-11-18/h4-12H,13-14H2,1-3H3,(H,24,29)(H,27,28). The van der Waals surface area contributed by atoms with Gasteiger partial charge in [-0.25, -0.2) is 9.97 Å². The fraction of sp³-hybridized carbons (Fsp3) is 0.217. The highest BCUT2D eigenvalue weighted by molar-refractivity contribution is 7.99. The van der Waals surface area contributed by atoms with Gasteiger partial charge in [0.2, 0.25) is 11.8 Å². The monoisotopic (exact) mass is 420 g/mol. The summed E-state index contributed by atoms with van der Waals surface area (Å²) in [5.41, 5.74) is 5.40. The molecule has 0 aliphatic rings. The van der Waals surface area contributed by atoms with E-state index in [-0.39, 0.29) is 24.1 Å². The lowest BCUT2D eigenvalue weighted by Gasteiger charge is -2.12. The number of aromatic nitrogens is 2. The molecule has 0 saturated heterocycles. The molecule has 0 radical (unpaired) electrons. The van der Waals surface area contributed by atoms with Crippen LogP contribution in [0.25, 0.3) is 11.3 Å². The van der Waals surface area contributed by atoms with Crippen molar-refractivity contribution >= 4 is 29.3 Å². The summed E-state index contributed by atoms with van der Waals surface area (Å²) in [6.07, 6.45) is 0. The van der Waals surface area contributed by atoms with E-state index in [0.717, 1.165) is 33.8 Å². The van der Waals surface area contributed by atoms with Gasteiger partial charge < -0.3 is 10.6 Å². The molecule has 2 N–H and O–H groups in total. The van der Waals surface area contributed by atoms with Gasteiger partial charge in [-0.05, 0) is 38.0 Å². The molecule has 3 rings (SSSR count). The SMILES string of the molecule is Cc1cc(-c2ccccc2)nc(SCC(=O)NCC(=O)Nc2c(C)cccc2C)n1. The predicted octanol–water partition coefficient (Wildman–Crippen LogP) is 3.92. The molecule has 0 aliphatic heterocycles. The predicted molar refractivity (Wildman–Crippen MR) is 120 cm³/mol. The van der Waals surface area contributed by atoms with Gasteiger partial charge in [-0.1, -0.05) is 60.3 Å². The Hall–Kier alpha value is -3.19. The first-order valence-electron chi connectivity index (χ1n) is 9.59. The molecule has 0 unspecified atom stereocenters. The zero-order chi connectivity index (χ0) is 21.5. The van der Waals surface area contributed by atoms with E-state index in [4.69, 9.17) is 0 Å². The fourth-order valence-electron chi connectivity index (χ4n) is 2.92. The second kappa shape index (κ2) is 10.0. The number of para-hydroxylation sites is 1. The normalized spacial score (nSPS) is 10.5. The first kappa shape index (κ1) is 21.5. The number of aryl methyl sites for hydroxylation is 3. The third-order valence-electron chi connectivity index (χ3n) is 4.43. The number of benzene rings is 2. The molecule has 3 aromatic rings. The number of thioether (sulfide) groups is 1. The van der Waals surface area contributed by atoms with Crippen molar-refractivity contribution in [2.75, 3.05) is 17.6 Å². The smallest absolute Gasteiger partial charge is 0.243 e. The van der Waals surface area contributed by atoms with Gasteiger partial charge in [0, 0.05) is 16.9 Å². The number of hydrogen-bond acceptors (Lipinski definition) is 5. The van der Waals surface area contributed by atoms with Gasteiger partial charge >= 0.3 is 0 Å². The Balaban J connectivity index is 1.52. The summed E-state index contributed by atoms with van der Waals surface area (Å²) in [7, 11) is 0. The Morgan fingerprint density at radius 3 is 2.30 bits per heavy atom. The van der Waals surface area contributed by atoms with E-state index in [9.17, 15) is 9.59 Å². The van der Waals surface area contributed by atoms with E-state index < -0.39 is 0 Å². The Kier molecular flexibility index (Phi) is 7.19. The topological polar surface area (TPSA) is 84.0 Å². The molecule has 154 valence electrons. The van der Waals surface area contributed by atoms with Crippen LogP contribution in [-0.2, 0) is 9.59 Å². The minimum Gasteiger partial charge on any atom is -0.346 e. The van der Waals surface area contributed by atoms with Crippen LogP contribution in [0.2, 0.25) is 0 Å². The number of amides is 2. The van der Waals surface area contributed by atoms with Gasteiger partial charge in [-0.2, -0.15) is 0 Å². The van der Waals surface area contributed by atoms with Crippen molar-refractivity contribution in [3.8, 4) is 11.3 Å². The lowest BCUT2D eigenvalue weighted by atomic mass is 10.1. The number of hydrogen-bond donors (Lipinski definition) is 2. The maximum Gasteiger partial charge on any atom is 0.243 e. The van der Waals surface area contributed by atoms with Crippen LogP contribution in [-0.4, -0.2) is 34.1 Å². The van der Waals surface area contributed by atoms with Crippen molar-refractivity contribution in [2.24, 2.45) is 0 Å². The van der Waals surface area contributed by atoms with Crippen molar-refractivity contribution in [1.82, 2.24) is 15.3 Å². The quantitative estimate of drug-likeness (QED) is 0.447. The van der Waals surface area contributed by atoms with Crippen LogP contribution in [0.4, 0.5) is 5.69 Å². The molecule has 0 aliphatic carbocycles. The molecule has 1 aromatic heterocycles. The molecular formula is C23H24N4O2S. The van der Waals surface area contributed by atoms with Crippen LogP contribution in [0.3, 0.4) is 0 Å². The van der Waals surface area contributed by atoms with Gasteiger partial charge in [0.1, 0.15) is 0 Å². The van der Waals surface area contributed by atoms with Crippen molar-refractivity contribution in [3.05, 3.63) is 71.4 Å². The van der Waals surface area contributed by atoms with Crippen molar-refractivity contribution < 1.29 is 9.59 Å². The number of anilines is 1. The Labute approximate surface area is 180 Å². The molecule has 2 amide bonds. The van der Waals surface area contributed by atoms with Crippen LogP contribution in [0.15, 0.2) is 59.8 Å². The molecule has 1 heterocycles. The Morgan fingerprint density at radius 2 is 1.60 bits per heavy atom. The van der Waals surface area contributed by atoms with Crippen LogP contribution in [0, 0.1) is 20.8 Å². The van der Waals surface area contributed by atoms with E-state index in [1.54, 1.807) is 0 Å². The molecule has 0 atom stereocenters. The zero-order valence-electron chi connectivity index (χ0n) is 17.2. The lowest BCUT2D eigenvalue weighted by Crippen LogP contribution is -2.34. The average Bonchev–Trinajstić information content (AvgIpc) is 2.74. The Bertz CT molecular complexity index is 1030. The molecule has 7 heteroatoms. The van der Waals surface area contributed by atoms with Gasteiger partial charge in [-0.15, -0.1) is 0 Å². The number of nitrogens with one attached hydrogen (secondary N) is 2. The summed E-state index contributed by atoms with van der Waals surface area (Å²) in [4.78, 5) is 33.3. The highest BCUT2D eigenvalue weighted by Crippen LogP contribution is 2.21. The highest BCUT2D eigenvalue weighted by atomic mass is 32.2. The fourth-order valence-corrected chi connectivity index (χ4v) is 3.65. The van der Waals surface area contributed by atoms with E-state index in [1.165, 1.54) is 11.8 Å². The first-order chi connectivity index (χ1) is 14.4. The third kappa shape index (κ3) is 5.90. The minimum atomic E-state index is -0.260. The zero-order valence-corrected chi connectivity index (χ0v) is 18.0. The minimum absolute atomic E-state index is 0.0862. The lowest BCUT2D eigenvalue weighted by molar-refractivity contribution is -0.122. The van der Waals surface area contributed by atoms with Gasteiger partial charge in [0.15, 0.2) is 5.16 Å². The number of carbonyl (C=O) groups is 2. The van der Waals surface area contributed by atoms with Crippen LogP contribution in [0.1, 0.15) is 16.8 Å². The third-order valence-corrected chi connectivity index (χ3v) is 5.27. The van der Waals surface area contributed by atoms with E-state index in [2.05, 4.69) is 20.6 Å². The summed E-state index contributed by atoms with van der Waals surface area (Å²) in [6.45, 7) is 5.68. The van der Waals surface area contributed by atoms with Crippen LogP contribution < -0.4 is 10.6 Å². The van der Waals surface area contributed by atoms with E-state index in [0.29, 0.717) is 5.16 Å². The second-order valence-electron chi connectivity index (χ2n) is 6.92. The molecule has 2 aromatic carbocycles. The van der Waals surface area contributed by atoms with E-state index in [1.807, 2.05) is 75.4 Å². The summed E-state index contributed by atoms with van der Waals surface area (Å²) in [6, 6.07) is 17.6. The molecule has 30 heavy (non-hydrogen) atoms. The molecule has 6 nitrogen and oxygen atoms in total. The van der Waals surface area contributed by atoms with Crippen molar-refractivity contribution in [3.63, 3.8) is 0 Å². The molecule has 0 bridgehead atoms. The average molecular weight is 421 g/mol. The number of nitrogens with zero attached hydrogens (tertiary/aromatic N) is 2. The molecular weight excluding hydrogens is 396 g/mol. The van der Waals surface area contributed by atoms with Crippen LogP contribution in [0.5, 0.6) is 0 Å². The van der Waals surface area contributed by atoms with E-state index >= 15 is 0 Å². The molecule has 0 saturated carbocycles. The largest absolute Gasteiger partial charge is 0.346 e. The maximum absolute atomic E-state index is 12.2. The summed E-state index contributed by atoms with van der Waals surface area (Å²) < 4.78 is 0. The van der Waals surface area contributed by atoms with Gasteiger partial charge in [0.25, 0.3) is 0 Å². The number of rotatable bonds is 7. The summed E-state index contributed by atoms with van der Waals surface area (Å²) in [5, 5.41) is 6.03. The Morgan fingerprint density at radius 1 is 0.900 bits per heavy atom. The molecule has 0 fully saturated rings. The first-order valence-corrected chi connectivity index (χ1v) is 10.6. The van der Waals surface area contributed by atoms with Gasteiger partial charge in [0.05, 0.1) is 18.0 Å². The summed E-state index contributed by atoms with van der Waals surface area (Å²) >= 11 is 1.25. The number of carbonyl (C=O) groups excluding carboxylic acids is 2. The van der Waals surface area contributed by atoms with Crippen molar-refractivity contribution in [2.45, 2.75) is 25.9 Å². The summed E-state index contributed by atoms with van der Waals surface area (Å²) in [5.74, 6) is -0.374. The van der Waals surface area contributed by atoms with Gasteiger partial charge in [-0.3, -0.25) is 9.59 Å². The second-order valence-corrected chi connectivity index (χ2v) is 7.87. The molecule has 0 spiro atoms. The van der Waals surface area contributed by atoms with Crippen molar-refractivity contribution in [1.29, 1.82) is 0 Å². The highest BCUT2D eigenvalue weighted by Gasteiger charge is 2.11.